The van der Waals surface area contributed by atoms with Crippen LogP contribution in [-0.2, 0) is 11.3 Å². The van der Waals surface area contributed by atoms with E-state index in [4.69, 9.17) is 0 Å². The Kier molecular flexibility index (Phi) is 7.31. The third-order valence-corrected chi connectivity index (χ3v) is 4.08. The van der Waals surface area contributed by atoms with Gasteiger partial charge < -0.3 is 9.80 Å². The maximum atomic E-state index is 13.3. The van der Waals surface area contributed by atoms with Gasteiger partial charge in [0.25, 0.3) is 11.8 Å². The minimum absolute atomic E-state index is 0. The first-order chi connectivity index (χ1) is 11.2. The van der Waals surface area contributed by atoms with Crippen LogP contribution in [0.2, 0.25) is 0 Å². The van der Waals surface area contributed by atoms with Gasteiger partial charge >= 0.3 is 0 Å². The second kappa shape index (κ2) is 8.58. The van der Waals surface area contributed by atoms with Gasteiger partial charge in [-0.15, -0.1) is 12.4 Å². The molecule has 140 valence electrons. The van der Waals surface area contributed by atoms with Gasteiger partial charge in [0, 0.05) is 39.2 Å². The van der Waals surface area contributed by atoms with Crippen molar-refractivity contribution in [2.24, 2.45) is 0 Å². The molecule has 2 amide bonds. The van der Waals surface area contributed by atoms with Crippen molar-refractivity contribution in [3.8, 4) is 0 Å². The fraction of sp³-hybridized carbons (Fsp3) is 0.529. The molecule has 5 nitrogen and oxygen atoms in total. The van der Waals surface area contributed by atoms with Crippen LogP contribution in [0.1, 0.15) is 29.3 Å². The number of nitrogens with one attached hydrogen (secondary N) is 1. The van der Waals surface area contributed by atoms with E-state index in [9.17, 15) is 18.4 Å². The van der Waals surface area contributed by atoms with E-state index in [-0.39, 0.29) is 24.2 Å². The summed E-state index contributed by atoms with van der Waals surface area (Å²) in [5.41, 5.74) is 1.42. The molecule has 1 atom stereocenters. The van der Waals surface area contributed by atoms with E-state index in [0.717, 1.165) is 5.56 Å². The monoisotopic (exact) mass is 375 g/mol. The summed E-state index contributed by atoms with van der Waals surface area (Å²) in [6, 6.07) is 6.14. The van der Waals surface area contributed by atoms with Crippen molar-refractivity contribution in [3.63, 3.8) is 0 Å². The van der Waals surface area contributed by atoms with Crippen molar-refractivity contribution in [3.05, 3.63) is 35.4 Å². The van der Waals surface area contributed by atoms with Crippen LogP contribution in [0.3, 0.4) is 0 Å². The Hall–Kier alpha value is -1.73. The molecule has 25 heavy (non-hydrogen) atoms. The van der Waals surface area contributed by atoms with Crippen LogP contribution in [0.15, 0.2) is 24.3 Å². The molecule has 1 aliphatic rings. The van der Waals surface area contributed by atoms with Gasteiger partial charge in [-0.2, -0.15) is 0 Å². The fourth-order valence-corrected chi connectivity index (χ4v) is 2.69. The van der Waals surface area contributed by atoms with Gasteiger partial charge in [0.15, 0.2) is 0 Å². The molecule has 0 spiro atoms. The Balaban J connectivity index is 0.00000312. The summed E-state index contributed by atoms with van der Waals surface area (Å²) in [5.74, 6) is -3.24. The lowest BCUT2D eigenvalue weighted by Crippen LogP contribution is -2.43. The van der Waals surface area contributed by atoms with Gasteiger partial charge in [0.1, 0.15) is 0 Å². The third kappa shape index (κ3) is 5.37. The van der Waals surface area contributed by atoms with Gasteiger partial charge in [-0.25, -0.2) is 8.78 Å². The van der Waals surface area contributed by atoms with Crippen LogP contribution in [0.5, 0.6) is 0 Å². The van der Waals surface area contributed by atoms with E-state index in [2.05, 4.69) is 5.32 Å². The molecular formula is C17H24ClF2N3O2. The first kappa shape index (κ1) is 21.3. The Morgan fingerprint density at radius 3 is 2.28 bits per heavy atom. The molecule has 0 radical (unpaired) electrons. The zero-order chi connectivity index (χ0) is 17.9. The molecule has 1 unspecified atom stereocenters. The van der Waals surface area contributed by atoms with Gasteiger partial charge in [0.2, 0.25) is 5.91 Å². The van der Waals surface area contributed by atoms with Crippen LogP contribution in [0.25, 0.3) is 0 Å². The van der Waals surface area contributed by atoms with Crippen molar-refractivity contribution in [1.29, 1.82) is 0 Å². The first-order valence-electron chi connectivity index (χ1n) is 7.94. The number of amides is 2. The van der Waals surface area contributed by atoms with Crippen LogP contribution in [0.4, 0.5) is 8.78 Å². The number of hydrogen-bond donors (Lipinski definition) is 1. The number of carbonyl (C=O) groups excluding carboxylic acids is 2. The third-order valence-electron chi connectivity index (χ3n) is 4.08. The molecule has 1 aromatic rings. The van der Waals surface area contributed by atoms with Crippen molar-refractivity contribution >= 4 is 24.2 Å². The van der Waals surface area contributed by atoms with Crippen molar-refractivity contribution < 1.29 is 18.4 Å². The van der Waals surface area contributed by atoms with Crippen LogP contribution < -0.4 is 5.32 Å². The zero-order valence-corrected chi connectivity index (χ0v) is 15.4. The average Bonchev–Trinajstić information content (AvgIpc) is 2.91. The Labute approximate surface area is 152 Å². The number of benzene rings is 1. The SMILES string of the molecule is CCN(Cc1ccc(C(=O)N(C)C)cc1)C(=O)C1CC(F)(F)CN1.Cl. The molecule has 1 saturated heterocycles. The van der Waals surface area contributed by atoms with Crippen molar-refractivity contribution in [1.82, 2.24) is 15.1 Å². The number of likely N-dealkylation sites (N-methyl/N-ethyl adjacent to an activating group) is 1. The van der Waals surface area contributed by atoms with Crippen LogP contribution in [-0.4, -0.2) is 60.8 Å². The Morgan fingerprint density at radius 2 is 1.84 bits per heavy atom. The fourth-order valence-electron chi connectivity index (χ4n) is 2.69. The number of hydrogen-bond acceptors (Lipinski definition) is 3. The van der Waals surface area contributed by atoms with E-state index in [1.165, 1.54) is 4.90 Å². The average molecular weight is 376 g/mol. The van der Waals surface area contributed by atoms with E-state index in [0.29, 0.717) is 18.7 Å². The van der Waals surface area contributed by atoms with Crippen molar-refractivity contribution in [2.75, 3.05) is 27.2 Å². The molecule has 0 aliphatic carbocycles. The molecule has 0 saturated carbocycles. The second-order valence-electron chi connectivity index (χ2n) is 6.24. The molecule has 1 aliphatic heterocycles. The minimum Gasteiger partial charge on any atom is -0.345 e. The second-order valence-corrected chi connectivity index (χ2v) is 6.24. The highest BCUT2D eigenvalue weighted by atomic mass is 35.5. The Morgan fingerprint density at radius 1 is 1.24 bits per heavy atom. The lowest BCUT2D eigenvalue weighted by molar-refractivity contribution is -0.134. The standard InChI is InChI=1S/C17H23F2N3O2.ClH/c1-4-22(16(24)14-9-17(18,19)11-20-14)10-12-5-7-13(8-6-12)15(23)21(2)3;/h5-8,14,20H,4,9-11H2,1-3H3;1H. The maximum Gasteiger partial charge on any atom is 0.262 e. The summed E-state index contributed by atoms with van der Waals surface area (Å²) in [6.45, 7) is 2.12. The van der Waals surface area contributed by atoms with Gasteiger partial charge in [0.05, 0.1) is 12.6 Å². The molecule has 1 N–H and O–H groups in total. The molecule has 8 heteroatoms. The summed E-state index contributed by atoms with van der Waals surface area (Å²) in [4.78, 5) is 27.3. The van der Waals surface area contributed by atoms with Gasteiger partial charge in [-0.1, -0.05) is 12.1 Å². The molecular weight excluding hydrogens is 352 g/mol. The Bertz CT molecular complexity index is 608. The summed E-state index contributed by atoms with van der Waals surface area (Å²) in [6.07, 6.45) is -0.460. The van der Waals surface area contributed by atoms with E-state index in [1.807, 2.05) is 6.92 Å². The molecule has 1 aromatic carbocycles. The van der Waals surface area contributed by atoms with Crippen molar-refractivity contribution in [2.45, 2.75) is 31.9 Å². The topological polar surface area (TPSA) is 52.7 Å². The minimum atomic E-state index is -2.83. The number of nitrogens with zero attached hydrogens (tertiary/aromatic N) is 2. The summed E-state index contributed by atoms with van der Waals surface area (Å²) in [7, 11) is 3.36. The van der Waals surface area contributed by atoms with E-state index in [1.54, 1.807) is 43.3 Å². The van der Waals surface area contributed by atoms with E-state index >= 15 is 0 Å². The number of rotatable bonds is 5. The van der Waals surface area contributed by atoms with Gasteiger partial charge in [-0.05, 0) is 24.6 Å². The molecule has 2 rings (SSSR count). The molecule has 1 heterocycles. The molecule has 0 aromatic heterocycles. The first-order valence-corrected chi connectivity index (χ1v) is 7.94. The highest BCUT2D eigenvalue weighted by Crippen LogP contribution is 2.26. The smallest absolute Gasteiger partial charge is 0.262 e. The summed E-state index contributed by atoms with van der Waals surface area (Å²) >= 11 is 0. The quantitative estimate of drug-likeness (QED) is 0.858. The largest absolute Gasteiger partial charge is 0.345 e. The predicted octanol–water partition coefficient (Wildman–Crippen LogP) is 2.16. The highest BCUT2D eigenvalue weighted by Gasteiger charge is 2.43. The predicted molar refractivity (Wildman–Crippen MR) is 94.2 cm³/mol. The van der Waals surface area contributed by atoms with Gasteiger partial charge in [-0.3, -0.25) is 14.9 Å². The normalized spacial score (nSPS) is 18.4. The lowest BCUT2D eigenvalue weighted by atomic mass is 10.1. The maximum absolute atomic E-state index is 13.3. The highest BCUT2D eigenvalue weighted by molar-refractivity contribution is 5.93. The molecule has 1 fully saturated rings. The van der Waals surface area contributed by atoms with E-state index < -0.39 is 24.9 Å². The number of halogens is 3. The zero-order valence-electron chi connectivity index (χ0n) is 14.6. The number of alkyl halides is 2. The lowest BCUT2D eigenvalue weighted by Gasteiger charge is -2.24. The summed E-state index contributed by atoms with van der Waals surface area (Å²) < 4.78 is 26.5. The van der Waals surface area contributed by atoms with Crippen LogP contribution >= 0.6 is 12.4 Å². The van der Waals surface area contributed by atoms with Crippen LogP contribution in [0, 0.1) is 0 Å². The number of carbonyl (C=O) groups is 2. The summed E-state index contributed by atoms with van der Waals surface area (Å²) in [5, 5.41) is 2.59. The molecule has 0 bridgehead atoms.